The SMILES string of the molecule is COc1c(C#N)ccnc1O[C@@H]1CCCN(C(=O)c2ccccc2OC(F)(F)F)C1CO. The number of carbonyl (C=O) groups is 1. The second-order valence-corrected chi connectivity index (χ2v) is 6.90. The molecule has 1 unspecified atom stereocenters. The third kappa shape index (κ3) is 5.03. The molecule has 11 heteroatoms. The maximum absolute atomic E-state index is 13.1. The van der Waals surface area contributed by atoms with Crippen molar-refractivity contribution in [1.82, 2.24) is 9.88 Å². The normalized spacial score (nSPS) is 18.6. The predicted octanol–water partition coefficient (Wildman–Crippen LogP) is 2.90. The first-order valence-electron chi connectivity index (χ1n) is 9.65. The number of benzene rings is 1. The lowest BCUT2D eigenvalue weighted by Gasteiger charge is -2.40. The Balaban J connectivity index is 1.88. The van der Waals surface area contributed by atoms with Gasteiger partial charge in [-0.25, -0.2) is 4.98 Å². The van der Waals surface area contributed by atoms with E-state index in [0.717, 1.165) is 6.07 Å². The largest absolute Gasteiger partial charge is 0.573 e. The molecule has 1 saturated heterocycles. The van der Waals surface area contributed by atoms with Crippen LogP contribution in [-0.4, -0.2) is 59.7 Å². The monoisotopic (exact) mass is 451 g/mol. The molecule has 2 aromatic rings. The van der Waals surface area contributed by atoms with Gasteiger partial charge in [0.15, 0.2) is 5.75 Å². The van der Waals surface area contributed by atoms with Crippen molar-refractivity contribution in [2.75, 3.05) is 20.3 Å². The molecule has 1 aromatic heterocycles. The number of carbonyl (C=O) groups excluding carboxylic acids is 1. The molecule has 1 fully saturated rings. The van der Waals surface area contributed by atoms with E-state index in [1.807, 2.05) is 6.07 Å². The number of hydrogen-bond acceptors (Lipinski definition) is 7. The molecule has 0 saturated carbocycles. The number of aromatic nitrogens is 1. The highest BCUT2D eigenvalue weighted by molar-refractivity contribution is 5.97. The van der Waals surface area contributed by atoms with E-state index in [-0.39, 0.29) is 29.3 Å². The topological polar surface area (TPSA) is 105 Å². The molecule has 1 amide bonds. The minimum absolute atomic E-state index is 0.0186. The molecule has 8 nitrogen and oxygen atoms in total. The Labute approximate surface area is 181 Å². The van der Waals surface area contributed by atoms with Crippen LogP contribution in [0.15, 0.2) is 36.5 Å². The smallest absolute Gasteiger partial charge is 0.490 e. The van der Waals surface area contributed by atoms with Crippen molar-refractivity contribution < 1.29 is 37.3 Å². The van der Waals surface area contributed by atoms with Crippen LogP contribution in [0.4, 0.5) is 13.2 Å². The highest BCUT2D eigenvalue weighted by atomic mass is 19.4. The second-order valence-electron chi connectivity index (χ2n) is 6.90. The number of nitriles is 1. The van der Waals surface area contributed by atoms with Crippen LogP contribution in [0.25, 0.3) is 0 Å². The van der Waals surface area contributed by atoms with Gasteiger partial charge in [-0.05, 0) is 31.0 Å². The zero-order valence-corrected chi connectivity index (χ0v) is 17.0. The van der Waals surface area contributed by atoms with Crippen LogP contribution in [0.1, 0.15) is 28.8 Å². The Morgan fingerprint density at radius 2 is 2.09 bits per heavy atom. The lowest BCUT2D eigenvalue weighted by Crippen LogP contribution is -2.55. The maximum Gasteiger partial charge on any atom is 0.573 e. The molecule has 170 valence electrons. The molecule has 1 aliphatic rings. The molecule has 0 aliphatic carbocycles. The number of amides is 1. The van der Waals surface area contributed by atoms with Gasteiger partial charge in [-0.3, -0.25) is 4.79 Å². The van der Waals surface area contributed by atoms with Crippen molar-refractivity contribution in [3.8, 4) is 23.4 Å². The molecule has 1 N–H and O–H groups in total. The number of likely N-dealkylation sites (tertiary alicyclic amines) is 1. The fourth-order valence-corrected chi connectivity index (χ4v) is 3.58. The van der Waals surface area contributed by atoms with Crippen molar-refractivity contribution in [3.63, 3.8) is 0 Å². The number of aliphatic hydroxyl groups is 1. The minimum atomic E-state index is -4.96. The maximum atomic E-state index is 13.1. The summed E-state index contributed by atoms with van der Waals surface area (Å²) in [6.07, 6.45) is -3.43. The zero-order chi connectivity index (χ0) is 23.3. The number of hydrogen-bond donors (Lipinski definition) is 1. The van der Waals surface area contributed by atoms with Gasteiger partial charge in [-0.1, -0.05) is 12.1 Å². The summed E-state index contributed by atoms with van der Waals surface area (Å²) in [5, 5.41) is 19.2. The first-order chi connectivity index (χ1) is 15.3. The van der Waals surface area contributed by atoms with Gasteiger partial charge in [0.05, 0.1) is 25.3 Å². The summed E-state index contributed by atoms with van der Waals surface area (Å²) in [5.41, 5.74) is -0.0916. The van der Waals surface area contributed by atoms with Crippen LogP contribution in [0.5, 0.6) is 17.4 Å². The van der Waals surface area contributed by atoms with E-state index in [1.54, 1.807) is 0 Å². The number of para-hydroxylation sites is 1. The van der Waals surface area contributed by atoms with Gasteiger partial charge < -0.3 is 24.2 Å². The third-order valence-corrected chi connectivity index (χ3v) is 4.97. The number of pyridine rings is 1. The van der Waals surface area contributed by atoms with E-state index in [4.69, 9.17) is 9.47 Å². The molecule has 0 radical (unpaired) electrons. The first-order valence-corrected chi connectivity index (χ1v) is 9.65. The quantitative estimate of drug-likeness (QED) is 0.720. The Morgan fingerprint density at radius 3 is 2.75 bits per heavy atom. The van der Waals surface area contributed by atoms with Crippen molar-refractivity contribution in [3.05, 3.63) is 47.7 Å². The average molecular weight is 451 g/mol. The van der Waals surface area contributed by atoms with Crippen molar-refractivity contribution in [2.24, 2.45) is 0 Å². The van der Waals surface area contributed by atoms with Gasteiger partial charge in [-0.15, -0.1) is 13.2 Å². The number of methoxy groups -OCH3 is 1. The van der Waals surface area contributed by atoms with E-state index < -0.39 is 36.8 Å². The number of nitrogens with zero attached hydrogens (tertiary/aromatic N) is 3. The number of aliphatic hydroxyl groups excluding tert-OH is 1. The Morgan fingerprint density at radius 1 is 1.34 bits per heavy atom. The van der Waals surface area contributed by atoms with E-state index in [1.165, 1.54) is 42.5 Å². The number of rotatable bonds is 6. The van der Waals surface area contributed by atoms with Crippen LogP contribution in [0.3, 0.4) is 0 Å². The Kier molecular flexibility index (Phi) is 7.05. The van der Waals surface area contributed by atoms with E-state index >= 15 is 0 Å². The highest BCUT2D eigenvalue weighted by Crippen LogP contribution is 2.33. The van der Waals surface area contributed by atoms with Crippen LogP contribution in [-0.2, 0) is 0 Å². The lowest BCUT2D eigenvalue weighted by atomic mass is 9.97. The zero-order valence-electron chi connectivity index (χ0n) is 17.0. The molecule has 3 rings (SSSR count). The van der Waals surface area contributed by atoms with Crippen molar-refractivity contribution in [2.45, 2.75) is 31.3 Å². The Bertz CT molecular complexity index is 1010. The van der Waals surface area contributed by atoms with Gasteiger partial charge >= 0.3 is 6.36 Å². The molecule has 1 aliphatic heterocycles. The summed E-state index contributed by atoms with van der Waals surface area (Å²) in [6.45, 7) is -0.300. The summed E-state index contributed by atoms with van der Waals surface area (Å²) in [7, 11) is 1.35. The fourth-order valence-electron chi connectivity index (χ4n) is 3.58. The summed E-state index contributed by atoms with van der Waals surface area (Å²) in [4.78, 5) is 18.5. The molecule has 2 heterocycles. The van der Waals surface area contributed by atoms with E-state index in [0.29, 0.717) is 12.8 Å². The van der Waals surface area contributed by atoms with Crippen molar-refractivity contribution in [1.29, 1.82) is 5.26 Å². The Hall–Kier alpha value is -3.52. The lowest BCUT2D eigenvalue weighted by molar-refractivity contribution is -0.274. The molecular formula is C21H20F3N3O5. The molecular weight excluding hydrogens is 431 g/mol. The molecule has 32 heavy (non-hydrogen) atoms. The molecule has 0 bridgehead atoms. The first kappa shape index (κ1) is 23.1. The van der Waals surface area contributed by atoms with E-state index in [9.17, 15) is 28.3 Å². The van der Waals surface area contributed by atoms with Gasteiger partial charge in [0.2, 0.25) is 0 Å². The summed E-state index contributed by atoms with van der Waals surface area (Å²) < 4.78 is 53.4. The second kappa shape index (κ2) is 9.74. The van der Waals surface area contributed by atoms with Crippen LogP contribution in [0, 0.1) is 11.3 Å². The van der Waals surface area contributed by atoms with Crippen LogP contribution >= 0.6 is 0 Å². The summed E-state index contributed by atoms with van der Waals surface area (Å²) in [6, 6.07) is 7.56. The van der Waals surface area contributed by atoms with Gasteiger partial charge in [0, 0.05) is 12.7 Å². The number of piperidine rings is 1. The summed E-state index contributed by atoms with van der Waals surface area (Å²) >= 11 is 0. The van der Waals surface area contributed by atoms with Gasteiger partial charge in [-0.2, -0.15) is 5.26 Å². The number of halogens is 3. The van der Waals surface area contributed by atoms with E-state index in [2.05, 4.69) is 9.72 Å². The van der Waals surface area contributed by atoms with Crippen LogP contribution in [0.2, 0.25) is 0 Å². The fraction of sp³-hybridized carbons (Fsp3) is 0.381. The number of alkyl halides is 3. The summed E-state index contributed by atoms with van der Waals surface area (Å²) in [5.74, 6) is -1.23. The molecule has 1 aromatic carbocycles. The molecule has 2 atom stereocenters. The predicted molar refractivity (Wildman–Crippen MR) is 104 cm³/mol. The standard InChI is InChI=1S/C21H20F3N3O5/c1-30-18-13(11-25)8-9-26-19(18)31-17-7-4-10-27(15(17)12-28)20(29)14-5-2-3-6-16(14)32-21(22,23)24/h2-3,5-6,8-9,15,17,28H,4,7,10,12H2,1H3/t15?,17-/m1/s1. The van der Waals surface area contributed by atoms with Crippen molar-refractivity contribution >= 4 is 5.91 Å². The average Bonchev–Trinajstić information content (AvgIpc) is 2.77. The minimum Gasteiger partial charge on any atom is -0.490 e. The molecule has 0 spiro atoms. The third-order valence-electron chi connectivity index (χ3n) is 4.97. The highest BCUT2D eigenvalue weighted by Gasteiger charge is 2.39. The van der Waals surface area contributed by atoms with Gasteiger partial charge in [0.25, 0.3) is 11.8 Å². The number of ether oxygens (including phenoxy) is 3. The van der Waals surface area contributed by atoms with Crippen LogP contribution < -0.4 is 14.2 Å². The van der Waals surface area contributed by atoms with Gasteiger partial charge in [0.1, 0.15) is 23.5 Å².